The summed E-state index contributed by atoms with van der Waals surface area (Å²) in [5.74, 6) is 0. The summed E-state index contributed by atoms with van der Waals surface area (Å²) in [5, 5.41) is 13.3. The second-order valence-corrected chi connectivity index (χ2v) is 4.89. The molecule has 1 fully saturated rings. The van der Waals surface area contributed by atoms with Gasteiger partial charge in [0, 0.05) is 17.3 Å². The van der Waals surface area contributed by atoms with Crippen LogP contribution in [0.4, 0.5) is 18.9 Å². The Morgan fingerprint density at radius 3 is 2.68 bits per heavy atom. The van der Waals surface area contributed by atoms with Crippen LogP contribution in [0.25, 0.3) is 0 Å². The van der Waals surface area contributed by atoms with E-state index in [4.69, 9.17) is 5.73 Å². The molecule has 0 radical (unpaired) electrons. The molecule has 4 N–H and O–H groups in total. The number of nitrogen functional groups attached to an aromatic ring is 1. The quantitative estimate of drug-likeness (QED) is 0.742. The molecule has 0 saturated carbocycles. The first-order chi connectivity index (χ1) is 8.88. The van der Waals surface area contributed by atoms with E-state index in [0.29, 0.717) is 12.0 Å². The van der Waals surface area contributed by atoms with Gasteiger partial charge in [0.1, 0.15) is 0 Å². The molecule has 2 rings (SSSR count). The number of aliphatic hydroxyl groups excluding tert-OH is 1. The summed E-state index contributed by atoms with van der Waals surface area (Å²) in [7, 11) is 0. The lowest BCUT2D eigenvalue weighted by Crippen LogP contribution is -2.24. The van der Waals surface area contributed by atoms with Gasteiger partial charge in [0.05, 0.1) is 11.7 Å². The molecular weight excluding hydrogens is 257 g/mol. The number of anilines is 1. The third-order valence-electron chi connectivity index (χ3n) is 3.44. The maximum Gasteiger partial charge on any atom is 0.416 e. The molecule has 1 aromatic carbocycles. The van der Waals surface area contributed by atoms with Crippen molar-refractivity contribution in [2.75, 3.05) is 12.3 Å². The predicted octanol–water partition coefficient (Wildman–Crippen LogP) is 2.46. The van der Waals surface area contributed by atoms with Crippen LogP contribution < -0.4 is 11.1 Å². The topological polar surface area (TPSA) is 58.3 Å². The minimum Gasteiger partial charge on any atom is -0.398 e. The highest BCUT2D eigenvalue weighted by Gasteiger charge is 2.31. The Bertz CT molecular complexity index is 442. The summed E-state index contributed by atoms with van der Waals surface area (Å²) in [4.78, 5) is 0. The molecule has 6 heteroatoms. The molecule has 2 unspecified atom stereocenters. The van der Waals surface area contributed by atoms with Crippen LogP contribution in [0.15, 0.2) is 18.2 Å². The van der Waals surface area contributed by atoms with Gasteiger partial charge in [0.2, 0.25) is 0 Å². The zero-order valence-corrected chi connectivity index (χ0v) is 10.4. The molecule has 0 aliphatic carbocycles. The van der Waals surface area contributed by atoms with Crippen molar-refractivity contribution in [2.45, 2.75) is 37.6 Å². The third kappa shape index (κ3) is 3.39. The van der Waals surface area contributed by atoms with E-state index in [9.17, 15) is 18.3 Å². The number of hydrogen-bond acceptors (Lipinski definition) is 3. The van der Waals surface area contributed by atoms with Crippen molar-refractivity contribution < 1.29 is 18.3 Å². The number of alkyl halides is 3. The predicted molar refractivity (Wildman–Crippen MR) is 66.5 cm³/mol. The minimum atomic E-state index is -4.41. The second-order valence-electron chi connectivity index (χ2n) is 4.89. The molecule has 3 nitrogen and oxygen atoms in total. The molecule has 0 aromatic heterocycles. The first-order valence-electron chi connectivity index (χ1n) is 6.26. The van der Waals surface area contributed by atoms with E-state index < -0.39 is 17.8 Å². The van der Waals surface area contributed by atoms with Crippen LogP contribution in [-0.4, -0.2) is 17.7 Å². The zero-order valence-electron chi connectivity index (χ0n) is 10.4. The number of hydrogen-bond donors (Lipinski definition) is 3. The Balaban J connectivity index is 2.11. The highest BCUT2D eigenvalue weighted by Crippen LogP contribution is 2.34. The van der Waals surface area contributed by atoms with E-state index in [1.54, 1.807) is 0 Å². The lowest BCUT2D eigenvalue weighted by atomic mass is 9.98. The summed E-state index contributed by atoms with van der Waals surface area (Å²) >= 11 is 0. The summed E-state index contributed by atoms with van der Waals surface area (Å²) in [6, 6.07) is 3.30. The monoisotopic (exact) mass is 274 g/mol. The smallest absolute Gasteiger partial charge is 0.398 e. The molecule has 2 atom stereocenters. The van der Waals surface area contributed by atoms with E-state index in [2.05, 4.69) is 5.32 Å². The fourth-order valence-corrected chi connectivity index (χ4v) is 2.41. The van der Waals surface area contributed by atoms with Gasteiger partial charge < -0.3 is 16.2 Å². The molecule has 1 aliphatic heterocycles. The molecular formula is C13H17F3N2O. The summed E-state index contributed by atoms with van der Waals surface area (Å²) in [6.07, 6.45) is -2.75. The molecule has 1 aliphatic rings. The fourth-order valence-electron chi connectivity index (χ4n) is 2.41. The van der Waals surface area contributed by atoms with Gasteiger partial charge in [-0.05, 0) is 37.9 Å². The van der Waals surface area contributed by atoms with Crippen LogP contribution in [0.3, 0.4) is 0 Å². The minimum absolute atomic E-state index is 0.0136. The molecule has 1 saturated heterocycles. The average molecular weight is 274 g/mol. The standard InChI is InChI=1S/C13H17F3N2O/c14-13(15,16)8-3-4-10(11(17)6-8)12(19)7-9-2-1-5-18-9/h3-4,6,9,12,18-19H,1-2,5,7,17H2. The van der Waals surface area contributed by atoms with Crippen LogP contribution in [0.1, 0.15) is 36.5 Å². The van der Waals surface area contributed by atoms with E-state index in [1.807, 2.05) is 0 Å². The lowest BCUT2D eigenvalue weighted by Gasteiger charge is -2.18. The Hall–Kier alpha value is -1.27. The van der Waals surface area contributed by atoms with Crippen molar-refractivity contribution in [1.29, 1.82) is 0 Å². The molecule has 106 valence electrons. The van der Waals surface area contributed by atoms with Gasteiger partial charge in [-0.2, -0.15) is 13.2 Å². The van der Waals surface area contributed by atoms with Crippen LogP contribution in [0, 0.1) is 0 Å². The number of nitrogens with two attached hydrogens (primary N) is 1. The van der Waals surface area contributed by atoms with Crippen molar-refractivity contribution in [3.8, 4) is 0 Å². The van der Waals surface area contributed by atoms with Crippen LogP contribution in [-0.2, 0) is 6.18 Å². The van der Waals surface area contributed by atoms with Crippen molar-refractivity contribution in [2.24, 2.45) is 0 Å². The molecule has 0 spiro atoms. The summed E-state index contributed by atoms with van der Waals surface area (Å²) in [6.45, 7) is 0.917. The van der Waals surface area contributed by atoms with Gasteiger partial charge in [-0.1, -0.05) is 6.07 Å². The number of nitrogens with one attached hydrogen (secondary N) is 1. The van der Waals surface area contributed by atoms with Crippen LogP contribution in [0.2, 0.25) is 0 Å². The van der Waals surface area contributed by atoms with Gasteiger partial charge in [-0.15, -0.1) is 0 Å². The number of rotatable bonds is 3. The van der Waals surface area contributed by atoms with Crippen molar-refractivity contribution >= 4 is 5.69 Å². The number of aliphatic hydroxyl groups is 1. The van der Waals surface area contributed by atoms with E-state index in [-0.39, 0.29) is 11.7 Å². The Kier molecular flexibility index (Phi) is 4.01. The Labute approximate surface area is 109 Å². The Morgan fingerprint density at radius 1 is 1.42 bits per heavy atom. The van der Waals surface area contributed by atoms with E-state index in [1.165, 1.54) is 6.07 Å². The molecule has 1 heterocycles. The van der Waals surface area contributed by atoms with Gasteiger partial charge >= 0.3 is 6.18 Å². The largest absolute Gasteiger partial charge is 0.416 e. The summed E-state index contributed by atoms with van der Waals surface area (Å²) < 4.78 is 37.5. The first-order valence-corrected chi connectivity index (χ1v) is 6.26. The lowest BCUT2D eigenvalue weighted by molar-refractivity contribution is -0.137. The van der Waals surface area contributed by atoms with Gasteiger partial charge in [0.15, 0.2) is 0 Å². The second kappa shape index (κ2) is 5.38. The van der Waals surface area contributed by atoms with Gasteiger partial charge in [-0.25, -0.2) is 0 Å². The maximum atomic E-state index is 12.5. The molecule has 0 amide bonds. The highest BCUT2D eigenvalue weighted by molar-refractivity contribution is 5.51. The highest BCUT2D eigenvalue weighted by atomic mass is 19.4. The Morgan fingerprint density at radius 2 is 2.16 bits per heavy atom. The van der Waals surface area contributed by atoms with E-state index in [0.717, 1.165) is 31.5 Å². The number of benzene rings is 1. The van der Waals surface area contributed by atoms with Gasteiger partial charge in [0.25, 0.3) is 0 Å². The average Bonchev–Trinajstić information content (AvgIpc) is 2.80. The van der Waals surface area contributed by atoms with Crippen LogP contribution in [0.5, 0.6) is 0 Å². The maximum absolute atomic E-state index is 12.5. The normalized spacial score (nSPS) is 21.6. The van der Waals surface area contributed by atoms with Crippen molar-refractivity contribution in [3.05, 3.63) is 29.3 Å². The summed E-state index contributed by atoms with van der Waals surface area (Å²) in [5.41, 5.74) is 5.17. The molecule has 0 bridgehead atoms. The SMILES string of the molecule is Nc1cc(C(F)(F)F)ccc1C(O)CC1CCCN1. The van der Waals surface area contributed by atoms with Crippen molar-refractivity contribution in [3.63, 3.8) is 0 Å². The fraction of sp³-hybridized carbons (Fsp3) is 0.538. The molecule has 1 aromatic rings. The van der Waals surface area contributed by atoms with E-state index >= 15 is 0 Å². The van der Waals surface area contributed by atoms with Crippen molar-refractivity contribution in [1.82, 2.24) is 5.32 Å². The third-order valence-corrected chi connectivity index (χ3v) is 3.44. The molecule has 19 heavy (non-hydrogen) atoms. The number of halogens is 3. The zero-order chi connectivity index (χ0) is 14.0. The van der Waals surface area contributed by atoms with Gasteiger partial charge in [-0.3, -0.25) is 0 Å². The first kappa shape index (κ1) is 14.1. The van der Waals surface area contributed by atoms with Crippen LogP contribution >= 0.6 is 0 Å².